The third-order valence-corrected chi connectivity index (χ3v) is 6.11. The maximum atomic E-state index is 12.8. The predicted octanol–water partition coefficient (Wildman–Crippen LogP) is 3.38. The second kappa shape index (κ2) is 8.40. The summed E-state index contributed by atoms with van der Waals surface area (Å²) in [4.78, 5) is 30.0. The number of rotatable bonds is 4. The number of piperidine rings is 1. The summed E-state index contributed by atoms with van der Waals surface area (Å²) < 4.78 is 0. The minimum atomic E-state index is -0.0222. The lowest BCUT2D eigenvalue weighted by molar-refractivity contribution is 0.241. The van der Waals surface area contributed by atoms with Gasteiger partial charge < -0.3 is 9.88 Å². The monoisotopic (exact) mass is 401 g/mol. The van der Waals surface area contributed by atoms with Crippen molar-refractivity contribution in [3.8, 4) is 11.4 Å². The van der Waals surface area contributed by atoms with Crippen LogP contribution in [0.4, 0.5) is 5.82 Å². The number of aromatic amines is 1. The maximum Gasteiger partial charge on any atom is 0.255 e. The third-order valence-electron chi connectivity index (χ3n) is 6.11. The van der Waals surface area contributed by atoms with Gasteiger partial charge in [-0.05, 0) is 25.3 Å². The van der Waals surface area contributed by atoms with Gasteiger partial charge in [-0.2, -0.15) is 0 Å². The van der Waals surface area contributed by atoms with Gasteiger partial charge in [-0.3, -0.25) is 9.69 Å². The fourth-order valence-electron chi connectivity index (χ4n) is 4.53. The van der Waals surface area contributed by atoms with E-state index in [4.69, 9.17) is 9.97 Å². The van der Waals surface area contributed by atoms with E-state index in [1.807, 2.05) is 42.6 Å². The Kier molecular flexibility index (Phi) is 5.32. The molecule has 6 heteroatoms. The summed E-state index contributed by atoms with van der Waals surface area (Å²) >= 11 is 0. The van der Waals surface area contributed by atoms with Crippen LogP contribution < -0.4 is 10.5 Å². The molecule has 3 aromatic rings. The van der Waals surface area contributed by atoms with Crippen LogP contribution in [0.1, 0.15) is 36.1 Å². The Balaban J connectivity index is 1.36. The van der Waals surface area contributed by atoms with Crippen LogP contribution in [-0.2, 0) is 19.5 Å². The van der Waals surface area contributed by atoms with Crippen LogP contribution in [0, 0.1) is 0 Å². The Labute approximate surface area is 176 Å². The molecule has 0 spiro atoms. The molecule has 0 saturated carbocycles. The van der Waals surface area contributed by atoms with Crippen LogP contribution in [-0.4, -0.2) is 39.5 Å². The molecule has 0 amide bonds. The first-order chi connectivity index (χ1) is 14.8. The highest BCUT2D eigenvalue weighted by Gasteiger charge is 2.23. The summed E-state index contributed by atoms with van der Waals surface area (Å²) in [5, 5.41) is 0. The van der Waals surface area contributed by atoms with Gasteiger partial charge in [0.15, 0.2) is 0 Å². The number of anilines is 1. The maximum absolute atomic E-state index is 12.8. The number of nitrogens with zero attached hydrogens (tertiary/aromatic N) is 4. The molecule has 2 aromatic heterocycles. The standard InChI is InChI=1S/C24H27N5O/c30-24-20-17-28(15-11-21(20)26-22(27-24)18-8-3-1-4-9-18)16-19-10-7-12-25-23(19)29-13-5-2-6-14-29/h1,3-4,7-10,12H,2,5-6,11,13-17H2,(H,26,27,30). The first-order valence-corrected chi connectivity index (χ1v) is 10.9. The third kappa shape index (κ3) is 3.87. The van der Waals surface area contributed by atoms with Gasteiger partial charge in [-0.25, -0.2) is 9.97 Å². The average Bonchev–Trinajstić information content (AvgIpc) is 2.81. The number of hydrogen-bond donors (Lipinski definition) is 1. The first kappa shape index (κ1) is 19.0. The number of nitrogens with one attached hydrogen (secondary N) is 1. The molecule has 0 aliphatic carbocycles. The molecular formula is C24H27N5O. The van der Waals surface area contributed by atoms with E-state index < -0.39 is 0 Å². The molecule has 0 unspecified atom stereocenters. The highest BCUT2D eigenvalue weighted by atomic mass is 16.1. The molecule has 1 fully saturated rings. The zero-order valence-corrected chi connectivity index (χ0v) is 17.2. The molecule has 4 heterocycles. The molecule has 0 radical (unpaired) electrons. The Morgan fingerprint density at radius 2 is 1.80 bits per heavy atom. The Morgan fingerprint density at radius 1 is 0.967 bits per heavy atom. The van der Waals surface area contributed by atoms with Crippen LogP contribution in [0.3, 0.4) is 0 Å². The van der Waals surface area contributed by atoms with E-state index in [0.717, 1.165) is 55.2 Å². The number of benzene rings is 1. The van der Waals surface area contributed by atoms with E-state index in [0.29, 0.717) is 12.4 Å². The fraction of sp³-hybridized carbons (Fsp3) is 0.375. The largest absolute Gasteiger partial charge is 0.356 e. The fourth-order valence-corrected chi connectivity index (χ4v) is 4.53. The van der Waals surface area contributed by atoms with Gasteiger partial charge in [0.05, 0.1) is 11.3 Å². The summed E-state index contributed by atoms with van der Waals surface area (Å²) in [6, 6.07) is 14.0. The smallest absolute Gasteiger partial charge is 0.255 e. The predicted molar refractivity (Wildman–Crippen MR) is 118 cm³/mol. The molecule has 1 aromatic carbocycles. The molecule has 0 bridgehead atoms. The lowest BCUT2D eigenvalue weighted by Crippen LogP contribution is -2.36. The SMILES string of the molecule is O=c1[nH]c(-c2ccccc2)nc2c1CN(Cc1cccnc1N1CCCCC1)CC2. The normalized spacial score (nSPS) is 17.0. The second-order valence-corrected chi connectivity index (χ2v) is 8.20. The first-order valence-electron chi connectivity index (χ1n) is 10.9. The summed E-state index contributed by atoms with van der Waals surface area (Å²) in [6.45, 7) is 4.49. The Bertz CT molecular complexity index is 1070. The molecular weight excluding hydrogens is 374 g/mol. The Hall–Kier alpha value is -2.99. The molecule has 30 heavy (non-hydrogen) atoms. The highest BCUT2D eigenvalue weighted by Crippen LogP contribution is 2.25. The topological polar surface area (TPSA) is 65.1 Å². The van der Waals surface area contributed by atoms with Crippen molar-refractivity contribution in [3.05, 3.63) is 75.8 Å². The number of H-pyrrole nitrogens is 1. The summed E-state index contributed by atoms with van der Waals surface area (Å²) in [7, 11) is 0. The van der Waals surface area contributed by atoms with Crippen LogP contribution >= 0.6 is 0 Å². The van der Waals surface area contributed by atoms with Gasteiger partial charge >= 0.3 is 0 Å². The van der Waals surface area contributed by atoms with Crippen LogP contribution in [0.25, 0.3) is 11.4 Å². The Morgan fingerprint density at radius 3 is 2.63 bits per heavy atom. The molecule has 154 valence electrons. The zero-order chi connectivity index (χ0) is 20.3. The van der Waals surface area contributed by atoms with E-state index in [1.165, 1.54) is 24.8 Å². The van der Waals surface area contributed by atoms with Gasteiger partial charge in [-0.1, -0.05) is 36.4 Å². The molecule has 2 aliphatic heterocycles. The van der Waals surface area contributed by atoms with Gasteiger partial charge in [0.25, 0.3) is 5.56 Å². The van der Waals surface area contributed by atoms with Crippen molar-refractivity contribution in [2.75, 3.05) is 24.5 Å². The second-order valence-electron chi connectivity index (χ2n) is 8.20. The van der Waals surface area contributed by atoms with Gasteiger partial charge in [0.1, 0.15) is 11.6 Å². The van der Waals surface area contributed by atoms with E-state index in [-0.39, 0.29) is 5.56 Å². The van der Waals surface area contributed by atoms with Crippen molar-refractivity contribution in [2.24, 2.45) is 0 Å². The number of pyridine rings is 1. The van der Waals surface area contributed by atoms with E-state index in [2.05, 4.69) is 20.9 Å². The molecule has 2 aliphatic rings. The lowest BCUT2D eigenvalue weighted by Gasteiger charge is -2.32. The van der Waals surface area contributed by atoms with E-state index in [9.17, 15) is 4.79 Å². The van der Waals surface area contributed by atoms with Crippen molar-refractivity contribution in [1.29, 1.82) is 0 Å². The summed E-state index contributed by atoms with van der Waals surface area (Å²) in [5.74, 6) is 1.77. The number of fused-ring (bicyclic) bond motifs is 1. The zero-order valence-electron chi connectivity index (χ0n) is 17.2. The molecule has 5 rings (SSSR count). The minimum absolute atomic E-state index is 0.0222. The summed E-state index contributed by atoms with van der Waals surface area (Å²) in [5.41, 5.74) is 3.89. The van der Waals surface area contributed by atoms with E-state index >= 15 is 0 Å². The molecule has 0 atom stereocenters. The lowest BCUT2D eigenvalue weighted by atomic mass is 10.0. The van der Waals surface area contributed by atoms with Crippen molar-refractivity contribution in [2.45, 2.75) is 38.8 Å². The highest BCUT2D eigenvalue weighted by molar-refractivity contribution is 5.55. The van der Waals surface area contributed by atoms with Crippen molar-refractivity contribution >= 4 is 5.82 Å². The minimum Gasteiger partial charge on any atom is -0.356 e. The number of aromatic nitrogens is 3. The van der Waals surface area contributed by atoms with Crippen LogP contribution in [0.15, 0.2) is 53.5 Å². The number of hydrogen-bond acceptors (Lipinski definition) is 5. The van der Waals surface area contributed by atoms with Gasteiger partial charge in [0.2, 0.25) is 0 Å². The van der Waals surface area contributed by atoms with Crippen molar-refractivity contribution in [3.63, 3.8) is 0 Å². The van der Waals surface area contributed by atoms with Gasteiger partial charge in [0, 0.05) is 56.5 Å². The molecule has 1 saturated heterocycles. The van der Waals surface area contributed by atoms with Crippen LogP contribution in [0.2, 0.25) is 0 Å². The molecule has 6 nitrogen and oxygen atoms in total. The van der Waals surface area contributed by atoms with Gasteiger partial charge in [-0.15, -0.1) is 0 Å². The quantitative estimate of drug-likeness (QED) is 0.726. The summed E-state index contributed by atoms with van der Waals surface area (Å²) in [6.07, 6.45) is 6.45. The van der Waals surface area contributed by atoms with Crippen molar-refractivity contribution in [1.82, 2.24) is 19.9 Å². The van der Waals surface area contributed by atoms with Crippen LogP contribution in [0.5, 0.6) is 0 Å². The van der Waals surface area contributed by atoms with Crippen molar-refractivity contribution < 1.29 is 0 Å². The van der Waals surface area contributed by atoms with E-state index in [1.54, 1.807) is 0 Å². The molecule has 1 N–H and O–H groups in total. The average molecular weight is 402 g/mol.